The zero-order valence-corrected chi connectivity index (χ0v) is 14.7. The van der Waals surface area contributed by atoms with Crippen LogP contribution in [-0.4, -0.2) is 25.7 Å². The lowest BCUT2D eigenvalue weighted by molar-refractivity contribution is -0.127. The number of methoxy groups -OCH3 is 1. The molecule has 24 heavy (non-hydrogen) atoms. The van der Waals surface area contributed by atoms with Crippen LogP contribution in [0.15, 0.2) is 48.5 Å². The molecule has 5 heteroatoms. The number of ether oxygens (including phenoxy) is 2. The van der Waals surface area contributed by atoms with Crippen molar-refractivity contribution in [1.82, 2.24) is 5.32 Å². The van der Waals surface area contributed by atoms with Crippen molar-refractivity contribution in [3.8, 4) is 11.5 Å². The second-order valence-electron chi connectivity index (χ2n) is 5.42. The van der Waals surface area contributed by atoms with Gasteiger partial charge in [0.2, 0.25) is 0 Å². The van der Waals surface area contributed by atoms with Crippen LogP contribution in [0.5, 0.6) is 11.5 Å². The zero-order valence-electron chi connectivity index (χ0n) is 13.9. The Bertz CT molecular complexity index is 658. The van der Waals surface area contributed by atoms with Crippen LogP contribution in [0.25, 0.3) is 0 Å². The zero-order chi connectivity index (χ0) is 17.4. The molecule has 0 radical (unpaired) electrons. The van der Waals surface area contributed by atoms with Gasteiger partial charge in [-0.3, -0.25) is 4.79 Å². The van der Waals surface area contributed by atoms with Crippen LogP contribution < -0.4 is 14.8 Å². The van der Waals surface area contributed by atoms with E-state index in [4.69, 9.17) is 21.1 Å². The summed E-state index contributed by atoms with van der Waals surface area (Å²) >= 11 is 6.11. The number of rotatable bonds is 8. The molecule has 2 rings (SSSR count). The molecule has 1 amide bonds. The van der Waals surface area contributed by atoms with Crippen molar-refractivity contribution in [2.24, 2.45) is 0 Å². The van der Waals surface area contributed by atoms with Gasteiger partial charge in [-0.2, -0.15) is 0 Å². The maximum Gasteiger partial charge on any atom is 0.260 e. The molecule has 128 valence electrons. The Morgan fingerprint density at radius 1 is 1.12 bits per heavy atom. The highest BCUT2D eigenvalue weighted by Crippen LogP contribution is 2.18. The molecule has 2 aromatic carbocycles. The van der Waals surface area contributed by atoms with E-state index in [-0.39, 0.29) is 5.91 Å². The lowest BCUT2D eigenvalue weighted by Crippen LogP contribution is -2.36. The average Bonchev–Trinajstić information content (AvgIpc) is 2.60. The van der Waals surface area contributed by atoms with E-state index >= 15 is 0 Å². The number of benzene rings is 2. The molecule has 2 aromatic rings. The van der Waals surface area contributed by atoms with Crippen LogP contribution in [0.3, 0.4) is 0 Å². The van der Waals surface area contributed by atoms with E-state index in [9.17, 15) is 4.79 Å². The van der Waals surface area contributed by atoms with Crippen LogP contribution in [0.2, 0.25) is 5.02 Å². The molecular formula is C19H22ClNO3. The predicted octanol–water partition coefficient (Wildman–Crippen LogP) is 3.86. The van der Waals surface area contributed by atoms with Crippen molar-refractivity contribution in [1.29, 1.82) is 0 Å². The number of aryl methyl sites for hydroxylation is 1. The molecular weight excluding hydrogens is 326 g/mol. The summed E-state index contributed by atoms with van der Waals surface area (Å²) in [6, 6.07) is 14.9. The molecule has 0 saturated carbocycles. The van der Waals surface area contributed by atoms with Gasteiger partial charge in [-0.15, -0.1) is 0 Å². The first kappa shape index (κ1) is 18.1. The molecule has 0 aliphatic heterocycles. The summed E-state index contributed by atoms with van der Waals surface area (Å²) < 4.78 is 10.7. The van der Waals surface area contributed by atoms with Gasteiger partial charge in [0.1, 0.15) is 11.5 Å². The van der Waals surface area contributed by atoms with E-state index in [2.05, 4.69) is 5.32 Å². The Labute approximate surface area is 147 Å². The van der Waals surface area contributed by atoms with Crippen LogP contribution in [0, 0.1) is 0 Å². The highest BCUT2D eigenvalue weighted by Gasteiger charge is 2.14. The van der Waals surface area contributed by atoms with Crippen molar-refractivity contribution in [2.75, 3.05) is 13.7 Å². The van der Waals surface area contributed by atoms with Crippen molar-refractivity contribution in [2.45, 2.75) is 25.9 Å². The fourth-order valence-electron chi connectivity index (χ4n) is 2.25. The summed E-state index contributed by atoms with van der Waals surface area (Å²) in [6.07, 6.45) is 1.09. The van der Waals surface area contributed by atoms with Gasteiger partial charge < -0.3 is 14.8 Å². The first-order valence-corrected chi connectivity index (χ1v) is 8.30. The van der Waals surface area contributed by atoms with Crippen LogP contribution in [-0.2, 0) is 11.2 Å². The Balaban J connectivity index is 1.72. The van der Waals surface area contributed by atoms with Crippen LogP contribution >= 0.6 is 11.6 Å². The van der Waals surface area contributed by atoms with Crippen molar-refractivity contribution >= 4 is 17.5 Å². The summed E-state index contributed by atoms with van der Waals surface area (Å²) in [5, 5.41) is 3.65. The van der Waals surface area contributed by atoms with Gasteiger partial charge in [0.25, 0.3) is 5.91 Å². The fraction of sp³-hybridized carbons (Fsp3) is 0.316. The molecule has 0 aromatic heterocycles. The van der Waals surface area contributed by atoms with Gasteiger partial charge in [0.15, 0.2) is 6.10 Å². The van der Waals surface area contributed by atoms with Gasteiger partial charge in [0.05, 0.1) is 7.11 Å². The first-order chi connectivity index (χ1) is 11.6. The lowest BCUT2D eigenvalue weighted by Gasteiger charge is -2.15. The standard InChI is InChI=1S/C19H22ClNO3/c1-14(24-17-11-9-16(23-2)10-12-17)19(22)21-13-5-7-15-6-3-4-8-18(15)20/h3-4,6,8-12,14H,5,7,13H2,1-2H3,(H,21,22)/t14-/m1/s1. The van der Waals surface area contributed by atoms with E-state index in [0.29, 0.717) is 12.3 Å². The highest BCUT2D eigenvalue weighted by atomic mass is 35.5. The van der Waals surface area contributed by atoms with E-state index in [1.165, 1.54) is 0 Å². The number of nitrogens with one attached hydrogen (secondary N) is 1. The third-order valence-electron chi connectivity index (χ3n) is 3.62. The number of hydrogen-bond acceptors (Lipinski definition) is 3. The fourth-order valence-corrected chi connectivity index (χ4v) is 2.48. The summed E-state index contributed by atoms with van der Waals surface area (Å²) in [5.41, 5.74) is 1.09. The highest BCUT2D eigenvalue weighted by molar-refractivity contribution is 6.31. The molecule has 0 fully saturated rings. The number of carbonyl (C=O) groups excluding carboxylic acids is 1. The molecule has 4 nitrogen and oxygen atoms in total. The Morgan fingerprint density at radius 3 is 2.46 bits per heavy atom. The summed E-state index contributed by atoms with van der Waals surface area (Å²) in [6.45, 7) is 2.31. The third kappa shape index (κ3) is 5.46. The van der Waals surface area contributed by atoms with Gasteiger partial charge >= 0.3 is 0 Å². The largest absolute Gasteiger partial charge is 0.497 e. The second-order valence-corrected chi connectivity index (χ2v) is 5.83. The molecule has 1 atom stereocenters. The molecule has 0 bridgehead atoms. The van der Waals surface area contributed by atoms with Crippen molar-refractivity contribution in [3.05, 3.63) is 59.1 Å². The topological polar surface area (TPSA) is 47.6 Å². The minimum atomic E-state index is -0.557. The molecule has 0 saturated heterocycles. The normalized spacial score (nSPS) is 11.6. The Hall–Kier alpha value is -2.20. The maximum atomic E-state index is 12.1. The third-order valence-corrected chi connectivity index (χ3v) is 3.99. The van der Waals surface area contributed by atoms with E-state index < -0.39 is 6.10 Å². The van der Waals surface area contributed by atoms with Crippen molar-refractivity contribution in [3.63, 3.8) is 0 Å². The quantitative estimate of drug-likeness (QED) is 0.737. The predicted molar refractivity (Wildman–Crippen MR) is 95.9 cm³/mol. The minimum Gasteiger partial charge on any atom is -0.497 e. The number of carbonyl (C=O) groups is 1. The smallest absolute Gasteiger partial charge is 0.260 e. The molecule has 0 aliphatic rings. The van der Waals surface area contributed by atoms with Gasteiger partial charge in [-0.25, -0.2) is 0 Å². The van der Waals surface area contributed by atoms with Gasteiger partial charge in [-0.05, 0) is 55.7 Å². The monoisotopic (exact) mass is 347 g/mol. The first-order valence-electron chi connectivity index (χ1n) is 7.92. The van der Waals surface area contributed by atoms with Crippen molar-refractivity contribution < 1.29 is 14.3 Å². The average molecular weight is 348 g/mol. The summed E-state index contributed by atoms with van der Waals surface area (Å²) in [4.78, 5) is 12.1. The summed E-state index contributed by atoms with van der Waals surface area (Å²) in [5.74, 6) is 1.25. The van der Waals surface area contributed by atoms with E-state index in [1.807, 2.05) is 24.3 Å². The van der Waals surface area contributed by atoms with Crippen LogP contribution in [0.4, 0.5) is 0 Å². The van der Waals surface area contributed by atoms with Gasteiger partial charge in [0, 0.05) is 11.6 Å². The summed E-state index contributed by atoms with van der Waals surface area (Å²) in [7, 11) is 1.61. The number of hydrogen-bond donors (Lipinski definition) is 1. The van der Waals surface area contributed by atoms with E-state index in [1.54, 1.807) is 38.3 Å². The molecule has 1 N–H and O–H groups in total. The molecule has 0 aliphatic carbocycles. The molecule has 0 spiro atoms. The lowest BCUT2D eigenvalue weighted by atomic mass is 10.1. The second kappa shape index (κ2) is 9.18. The maximum absolute atomic E-state index is 12.1. The van der Waals surface area contributed by atoms with Crippen LogP contribution in [0.1, 0.15) is 18.9 Å². The Kier molecular flexibility index (Phi) is 6.94. The minimum absolute atomic E-state index is 0.134. The Morgan fingerprint density at radius 2 is 1.79 bits per heavy atom. The molecule has 0 unspecified atom stereocenters. The molecule has 0 heterocycles. The van der Waals surface area contributed by atoms with E-state index in [0.717, 1.165) is 29.2 Å². The van der Waals surface area contributed by atoms with Gasteiger partial charge in [-0.1, -0.05) is 29.8 Å². The SMILES string of the molecule is COc1ccc(O[C@H](C)C(=O)NCCCc2ccccc2Cl)cc1. The number of amides is 1. The number of halogens is 1.